The van der Waals surface area contributed by atoms with Crippen LogP contribution < -0.4 is 14.8 Å². The van der Waals surface area contributed by atoms with Crippen molar-refractivity contribution < 1.29 is 32.2 Å². The highest BCUT2D eigenvalue weighted by Gasteiger charge is 2.30. The third-order valence-corrected chi connectivity index (χ3v) is 5.67. The Labute approximate surface area is 146 Å². The molecule has 1 amide bonds. The molecule has 1 saturated heterocycles. The standard InChI is InChI=1S/C16H21NO7S/c1-22-12-3-4-13(14(8-12)23-2)17-15(18)9-24-16(19)7-11-5-6-25(20,21)10-11/h3-4,8,11H,5-7,9-10H2,1-2H3,(H,17,18)/t11-/m0/s1. The fourth-order valence-electron chi connectivity index (χ4n) is 2.56. The van der Waals surface area contributed by atoms with Crippen LogP contribution in [0, 0.1) is 5.92 Å². The van der Waals surface area contributed by atoms with E-state index < -0.39 is 28.3 Å². The Morgan fingerprint density at radius 3 is 2.60 bits per heavy atom. The number of amides is 1. The SMILES string of the molecule is COc1ccc(NC(=O)COC(=O)C[C@@H]2CCS(=O)(=O)C2)c(OC)c1. The maximum atomic E-state index is 11.9. The van der Waals surface area contributed by atoms with Gasteiger partial charge in [-0.1, -0.05) is 0 Å². The number of methoxy groups -OCH3 is 2. The lowest BCUT2D eigenvalue weighted by atomic mass is 10.1. The van der Waals surface area contributed by atoms with E-state index in [1.807, 2.05) is 0 Å². The quantitative estimate of drug-likeness (QED) is 0.713. The van der Waals surface area contributed by atoms with Crippen molar-refractivity contribution in [2.75, 3.05) is 37.6 Å². The first kappa shape index (κ1) is 19.0. The number of hydrogen-bond donors (Lipinski definition) is 1. The number of rotatable bonds is 7. The minimum atomic E-state index is -3.04. The van der Waals surface area contributed by atoms with Gasteiger partial charge in [-0.25, -0.2) is 8.42 Å². The van der Waals surface area contributed by atoms with Crippen molar-refractivity contribution in [3.63, 3.8) is 0 Å². The molecule has 1 atom stereocenters. The zero-order valence-electron chi connectivity index (χ0n) is 14.1. The topological polar surface area (TPSA) is 108 Å². The monoisotopic (exact) mass is 371 g/mol. The second-order valence-corrected chi connectivity index (χ2v) is 7.98. The Balaban J connectivity index is 1.81. The van der Waals surface area contributed by atoms with Crippen molar-refractivity contribution in [1.82, 2.24) is 0 Å². The van der Waals surface area contributed by atoms with Gasteiger partial charge in [-0.15, -0.1) is 0 Å². The first-order chi connectivity index (χ1) is 11.8. The van der Waals surface area contributed by atoms with Gasteiger partial charge in [-0.05, 0) is 24.5 Å². The van der Waals surface area contributed by atoms with Gasteiger partial charge in [-0.2, -0.15) is 0 Å². The van der Waals surface area contributed by atoms with Crippen LogP contribution in [0.25, 0.3) is 0 Å². The number of carbonyl (C=O) groups excluding carboxylic acids is 2. The Kier molecular flexibility index (Phi) is 6.24. The van der Waals surface area contributed by atoms with Gasteiger partial charge < -0.3 is 19.5 Å². The lowest BCUT2D eigenvalue weighted by Gasteiger charge is -2.12. The highest BCUT2D eigenvalue weighted by Crippen LogP contribution is 2.29. The number of ether oxygens (including phenoxy) is 3. The molecular formula is C16H21NO7S. The Morgan fingerprint density at radius 1 is 1.24 bits per heavy atom. The van der Waals surface area contributed by atoms with E-state index in [2.05, 4.69) is 5.32 Å². The molecule has 1 fully saturated rings. The predicted octanol–water partition coefficient (Wildman–Crippen LogP) is 1.01. The van der Waals surface area contributed by atoms with E-state index in [-0.39, 0.29) is 23.8 Å². The van der Waals surface area contributed by atoms with Crippen molar-refractivity contribution in [3.8, 4) is 11.5 Å². The number of anilines is 1. The third kappa shape index (κ3) is 5.63. The third-order valence-electron chi connectivity index (χ3n) is 3.83. The van der Waals surface area contributed by atoms with Crippen molar-refractivity contribution in [2.24, 2.45) is 5.92 Å². The van der Waals surface area contributed by atoms with Crippen LogP contribution in [0.5, 0.6) is 11.5 Å². The molecule has 1 aromatic carbocycles. The number of hydrogen-bond acceptors (Lipinski definition) is 7. The summed E-state index contributed by atoms with van der Waals surface area (Å²) in [5, 5.41) is 2.58. The minimum absolute atomic E-state index is 0.00162. The lowest BCUT2D eigenvalue weighted by molar-refractivity contribution is -0.148. The fraction of sp³-hybridized carbons (Fsp3) is 0.500. The normalized spacial score (nSPS) is 18.4. The molecule has 0 saturated carbocycles. The van der Waals surface area contributed by atoms with Gasteiger partial charge in [0, 0.05) is 12.5 Å². The molecule has 9 heteroatoms. The summed E-state index contributed by atoms with van der Waals surface area (Å²) in [6.07, 6.45) is 0.449. The van der Waals surface area contributed by atoms with Crippen LogP contribution >= 0.6 is 0 Å². The lowest BCUT2D eigenvalue weighted by Crippen LogP contribution is -2.22. The molecular weight excluding hydrogens is 350 g/mol. The van der Waals surface area contributed by atoms with Crippen molar-refractivity contribution in [3.05, 3.63) is 18.2 Å². The highest BCUT2D eigenvalue weighted by atomic mass is 32.2. The van der Waals surface area contributed by atoms with E-state index in [1.165, 1.54) is 14.2 Å². The van der Waals surface area contributed by atoms with Crippen LogP contribution in [0.3, 0.4) is 0 Å². The van der Waals surface area contributed by atoms with Crippen LogP contribution in [0.1, 0.15) is 12.8 Å². The number of esters is 1. The minimum Gasteiger partial charge on any atom is -0.497 e. The molecule has 0 spiro atoms. The molecule has 138 valence electrons. The van der Waals surface area contributed by atoms with Crippen LogP contribution in [0.4, 0.5) is 5.69 Å². The van der Waals surface area contributed by atoms with Crippen molar-refractivity contribution in [1.29, 1.82) is 0 Å². The van der Waals surface area contributed by atoms with Gasteiger partial charge in [0.05, 0.1) is 31.4 Å². The van der Waals surface area contributed by atoms with Crippen molar-refractivity contribution >= 4 is 27.4 Å². The average molecular weight is 371 g/mol. The van der Waals surface area contributed by atoms with Gasteiger partial charge in [-0.3, -0.25) is 9.59 Å². The predicted molar refractivity (Wildman–Crippen MR) is 90.5 cm³/mol. The molecule has 1 heterocycles. The molecule has 25 heavy (non-hydrogen) atoms. The number of nitrogens with one attached hydrogen (secondary N) is 1. The second kappa shape index (κ2) is 8.19. The van der Waals surface area contributed by atoms with Gasteiger partial charge >= 0.3 is 5.97 Å². The molecule has 0 radical (unpaired) electrons. The summed E-state index contributed by atoms with van der Waals surface area (Å²) in [6, 6.07) is 4.88. The molecule has 0 unspecified atom stereocenters. The maximum absolute atomic E-state index is 11.9. The summed E-state index contributed by atoms with van der Waals surface area (Å²) in [7, 11) is -0.0634. The number of benzene rings is 1. The number of sulfone groups is 1. The van der Waals surface area contributed by atoms with Crippen LogP contribution in [0.15, 0.2) is 18.2 Å². The van der Waals surface area contributed by atoms with E-state index in [4.69, 9.17) is 14.2 Å². The summed E-state index contributed by atoms with van der Waals surface area (Å²) in [5.41, 5.74) is 0.422. The van der Waals surface area contributed by atoms with Crippen LogP contribution in [-0.2, 0) is 24.2 Å². The Bertz CT molecular complexity index is 745. The van der Waals surface area contributed by atoms with E-state index in [9.17, 15) is 18.0 Å². The van der Waals surface area contributed by atoms with E-state index in [1.54, 1.807) is 18.2 Å². The largest absolute Gasteiger partial charge is 0.497 e. The molecule has 1 aromatic rings. The summed E-state index contributed by atoms with van der Waals surface area (Å²) in [4.78, 5) is 23.6. The summed E-state index contributed by atoms with van der Waals surface area (Å²) in [6.45, 7) is -0.451. The summed E-state index contributed by atoms with van der Waals surface area (Å²) in [5.74, 6) is -0.250. The first-order valence-corrected chi connectivity index (χ1v) is 9.53. The Morgan fingerprint density at radius 2 is 2.00 bits per heavy atom. The van der Waals surface area contributed by atoms with Gasteiger partial charge in [0.1, 0.15) is 11.5 Å². The molecule has 1 aliphatic rings. The first-order valence-electron chi connectivity index (χ1n) is 7.71. The molecule has 0 aliphatic carbocycles. The van der Waals surface area contributed by atoms with Crippen LogP contribution in [-0.4, -0.2) is 52.6 Å². The molecule has 1 N–H and O–H groups in total. The van der Waals surface area contributed by atoms with Crippen molar-refractivity contribution in [2.45, 2.75) is 12.8 Å². The van der Waals surface area contributed by atoms with E-state index in [0.29, 0.717) is 23.6 Å². The number of carbonyl (C=O) groups is 2. The summed E-state index contributed by atoms with van der Waals surface area (Å²) >= 11 is 0. The average Bonchev–Trinajstić information content (AvgIpc) is 2.91. The van der Waals surface area contributed by atoms with Gasteiger partial charge in [0.2, 0.25) is 0 Å². The Hall–Kier alpha value is -2.29. The molecule has 2 rings (SSSR count). The smallest absolute Gasteiger partial charge is 0.306 e. The molecule has 0 aromatic heterocycles. The van der Waals surface area contributed by atoms with Crippen LogP contribution in [0.2, 0.25) is 0 Å². The zero-order valence-corrected chi connectivity index (χ0v) is 14.9. The zero-order chi connectivity index (χ0) is 18.4. The maximum Gasteiger partial charge on any atom is 0.306 e. The summed E-state index contributed by atoms with van der Waals surface area (Å²) < 4.78 is 37.9. The van der Waals surface area contributed by atoms with E-state index >= 15 is 0 Å². The van der Waals surface area contributed by atoms with Gasteiger partial charge in [0.25, 0.3) is 5.91 Å². The fourth-order valence-corrected chi connectivity index (χ4v) is 4.42. The van der Waals surface area contributed by atoms with Gasteiger partial charge in [0.15, 0.2) is 16.4 Å². The highest BCUT2D eigenvalue weighted by molar-refractivity contribution is 7.91. The van der Waals surface area contributed by atoms with E-state index in [0.717, 1.165) is 0 Å². The molecule has 1 aliphatic heterocycles. The second-order valence-electron chi connectivity index (χ2n) is 5.75. The molecule has 0 bridgehead atoms. The molecule has 8 nitrogen and oxygen atoms in total.